The Balaban J connectivity index is 2.27. The Morgan fingerprint density at radius 3 is 2.88 bits per heavy atom. The lowest BCUT2D eigenvalue weighted by Crippen LogP contribution is -2.10. The largest absolute Gasteiger partial charge is 0.476 e. The molecule has 0 aliphatic heterocycles. The van der Waals surface area contributed by atoms with Crippen LogP contribution in [0.3, 0.4) is 0 Å². The van der Waals surface area contributed by atoms with Crippen LogP contribution in [0.4, 0.5) is 0 Å². The Labute approximate surface area is 100 Å². The molecule has 0 aliphatic rings. The van der Waals surface area contributed by atoms with Crippen LogP contribution in [-0.2, 0) is 0 Å². The van der Waals surface area contributed by atoms with Crippen LogP contribution in [0.5, 0.6) is 5.88 Å². The fourth-order valence-corrected chi connectivity index (χ4v) is 1.50. The molecule has 0 saturated carbocycles. The number of aromatic nitrogens is 2. The molecule has 0 amide bonds. The second-order valence-electron chi connectivity index (χ2n) is 3.61. The maximum absolute atomic E-state index is 11.1. The molecule has 0 unspecified atom stereocenters. The van der Waals surface area contributed by atoms with Gasteiger partial charge >= 0.3 is 0 Å². The van der Waals surface area contributed by atoms with Gasteiger partial charge < -0.3 is 9.72 Å². The Hall–Kier alpha value is -1.03. The number of rotatable bonds is 7. The molecule has 1 rings (SSSR count). The van der Waals surface area contributed by atoms with Crippen molar-refractivity contribution < 1.29 is 4.74 Å². The summed E-state index contributed by atoms with van der Waals surface area (Å²) in [5.74, 6) is 0.223. The molecule has 16 heavy (non-hydrogen) atoms. The molecule has 0 atom stereocenters. The van der Waals surface area contributed by atoms with Crippen LogP contribution >= 0.6 is 11.6 Å². The molecule has 90 valence electrons. The van der Waals surface area contributed by atoms with Crippen molar-refractivity contribution in [1.82, 2.24) is 9.97 Å². The third-order valence-corrected chi connectivity index (χ3v) is 2.58. The minimum atomic E-state index is -0.363. The second kappa shape index (κ2) is 7.28. The molecular formula is C11H17ClN2O2. The van der Waals surface area contributed by atoms with Gasteiger partial charge in [0.1, 0.15) is 0 Å². The van der Waals surface area contributed by atoms with Crippen LogP contribution in [0.1, 0.15) is 39.0 Å². The van der Waals surface area contributed by atoms with E-state index in [2.05, 4.69) is 16.9 Å². The van der Waals surface area contributed by atoms with Crippen molar-refractivity contribution in [3.8, 4) is 5.88 Å². The van der Waals surface area contributed by atoms with Crippen molar-refractivity contribution in [2.24, 2.45) is 0 Å². The highest BCUT2D eigenvalue weighted by molar-refractivity contribution is 6.31. The summed E-state index contributed by atoms with van der Waals surface area (Å²) in [4.78, 5) is 17.3. The molecule has 0 aromatic carbocycles. The second-order valence-corrected chi connectivity index (χ2v) is 3.99. The number of hydrogen-bond acceptors (Lipinski definition) is 3. The molecule has 0 radical (unpaired) electrons. The zero-order valence-electron chi connectivity index (χ0n) is 9.46. The van der Waals surface area contributed by atoms with Gasteiger partial charge in [-0.25, -0.2) is 4.98 Å². The predicted molar refractivity (Wildman–Crippen MR) is 64.1 cm³/mol. The van der Waals surface area contributed by atoms with Gasteiger partial charge in [0, 0.05) is 0 Å². The fourth-order valence-electron chi connectivity index (χ4n) is 1.34. The van der Waals surface area contributed by atoms with Gasteiger partial charge in [-0.2, -0.15) is 0 Å². The van der Waals surface area contributed by atoms with Crippen LogP contribution in [-0.4, -0.2) is 16.6 Å². The van der Waals surface area contributed by atoms with E-state index in [1.165, 1.54) is 25.6 Å². The summed E-state index contributed by atoms with van der Waals surface area (Å²) >= 11 is 5.72. The quantitative estimate of drug-likeness (QED) is 0.751. The third kappa shape index (κ3) is 4.23. The van der Waals surface area contributed by atoms with Gasteiger partial charge in [-0.1, -0.05) is 44.2 Å². The monoisotopic (exact) mass is 244 g/mol. The highest BCUT2D eigenvalue weighted by Crippen LogP contribution is 2.15. The number of aromatic amines is 1. The minimum Gasteiger partial charge on any atom is -0.476 e. The first-order valence-corrected chi connectivity index (χ1v) is 5.99. The topological polar surface area (TPSA) is 55.0 Å². The maximum atomic E-state index is 11.1. The number of halogens is 1. The zero-order chi connectivity index (χ0) is 11.8. The van der Waals surface area contributed by atoms with E-state index < -0.39 is 0 Å². The molecule has 0 bridgehead atoms. The molecule has 1 heterocycles. The van der Waals surface area contributed by atoms with Crippen LogP contribution in [0.15, 0.2) is 11.1 Å². The summed E-state index contributed by atoms with van der Waals surface area (Å²) in [6.45, 7) is 2.73. The smallest absolute Gasteiger partial charge is 0.273 e. The fraction of sp³-hybridized carbons (Fsp3) is 0.636. The number of nitrogens with zero attached hydrogens (tertiary/aromatic N) is 1. The average Bonchev–Trinajstić information content (AvgIpc) is 2.29. The van der Waals surface area contributed by atoms with Gasteiger partial charge in [-0.15, -0.1) is 0 Å². The molecule has 0 aliphatic carbocycles. The van der Waals surface area contributed by atoms with Crippen molar-refractivity contribution in [1.29, 1.82) is 0 Å². The number of hydrogen-bond donors (Lipinski definition) is 1. The summed E-state index contributed by atoms with van der Waals surface area (Å²) in [6, 6.07) is 0. The van der Waals surface area contributed by atoms with E-state index in [4.69, 9.17) is 16.3 Å². The zero-order valence-corrected chi connectivity index (χ0v) is 10.2. The molecule has 1 aromatic rings. The lowest BCUT2D eigenvalue weighted by Gasteiger charge is -2.05. The van der Waals surface area contributed by atoms with Gasteiger partial charge in [0.25, 0.3) is 5.56 Å². The van der Waals surface area contributed by atoms with E-state index in [1.807, 2.05) is 0 Å². The van der Waals surface area contributed by atoms with Gasteiger partial charge in [-0.3, -0.25) is 4.79 Å². The summed E-state index contributed by atoms with van der Waals surface area (Å²) in [6.07, 6.45) is 7.09. The van der Waals surface area contributed by atoms with Gasteiger partial charge in [-0.05, 0) is 6.42 Å². The lowest BCUT2D eigenvalue weighted by molar-refractivity contribution is 0.292. The molecule has 0 fully saturated rings. The van der Waals surface area contributed by atoms with Crippen LogP contribution in [0.2, 0.25) is 5.02 Å². The number of ether oxygens (including phenoxy) is 1. The molecule has 0 saturated heterocycles. The van der Waals surface area contributed by atoms with Crippen LogP contribution in [0.25, 0.3) is 0 Å². The average molecular weight is 245 g/mol. The van der Waals surface area contributed by atoms with Crippen LogP contribution in [0, 0.1) is 0 Å². The SMILES string of the molecule is CCCCCCCOc1nc[nH]c(=O)c1Cl. The minimum absolute atomic E-state index is 0.0241. The van der Waals surface area contributed by atoms with E-state index in [0.717, 1.165) is 12.8 Å². The Morgan fingerprint density at radius 1 is 1.38 bits per heavy atom. The van der Waals surface area contributed by atoms with Gasteiger partial charge in [0.15, 0.2) is 5.02 Å². The molecule has 5 heteroatoms. The van der Waals surface area contributed by atoms with E-state index in [-0.39, 0.29) is 16.5 Å². The van der Waals surface area contributed by atoms with Crippen molar-refractivity contribution in [2.75, 3.05) is 6.61 Å². The molecule has 4 nitrogen and oxygen atoms in total. The van der Waals surface area contributed by atoms with Crippen molar-refractivity contribution >= 4 is 11.6 Å². The lowest BCUT2D eigenvalue weighted by atomic mass is 10.2. The Kier molecular flexibility index (Phi) is 5.93. The number of unbranched alkanes of at least 4 members (excludes halogenated alkanes) is 4. The summed E-state index contributed by atoms with van der Waals surface area (Å²) in [5.41, 5.74) is -0.363. The first kappa shape index (κ1) is 13.0. The van der Waals surface area contributed by atoms with Gasteiger partial charge in [0.05, 0.1) is 12.9 Å². The van der Waals surface area contributed by atoms with Crippen molar-refractivity contribution in [3.05, 3.63) is 21.7 Å². The van der Waals surface area contributed by atoms with E-state index >= 15 is 0 Å². The first-order valence-electron chi connectivity index (χ1n) is 5.61. The van der Waals surface area contributed by atoms with Gasteiger partial charge in [0.2, 0.25) is 5.88 Å². The molecule has 1 N–H and O–H groups in total. The Morgan fingerprint density at radius 2 is 2.12 bits per heavy atom. The summed E-state index contributed by atoms with van der Waals surface area (Å²) in [5, 5.41) is 0.0241. The summed E-state index contributed by atoms with van der Waals surface area (Å²) < 4.78 is 5.33. The third-order valence-electron chi connectivity index (χ3n) is 2.25. The van der Waals surface area contributed by atoms with Crippen molar-refractivity contribution in [2.45, 2.75) is 39.0 Å². The molecule has 0 spiro atoms. The van der Waals surface area contributed by atoms with Crippen molar-refractivity contribution in [3.63, 3.8) is 0 Å². The normalized spacial score (nSPS) is 10.4. The van der Waals surface area contributed by atoms with E-state index in [1.54, 1.807) is 0 Å². The number of nitrogens with one attached hydrogen (secondary N) is 1. The van der Waals surface area contributed by atoms with Crippen LogP contribution < -0.4 is 10.3 Å². The highest BCUT2D eigenvalue weighted by Gasteiger charge is 2.05. The number of H-pyrrole nitrogens is 1. The first-order chi connectivity index (χ1) is 7.75. The van der Waals surface area contributed by atoms with E-state index in [9.17, 15) is 4.79 Å². The molecular weight excluding hydrogens is 228 g/mol. The summed E-state index contributed by atoms with van der Waals surface area (Å²) in [7, 11) is 0. The maximum Gasteiger partial charge on any atom is 0.273 e. The molecule has 1 aromatic heterocycles. The van der Waals surface area contributed by atoms with E-state index in [0.29, 0.717) is 6.61 Å². The predicted octanol–water partition coefficient (Wildman–Crippen LogP) is 2.77. The standard InChI is InChI=1S/C11H17ClN2O2/c1-2-3-4-5-6-7-16-11-9(12)10(15)13-8-14-11/h8H,2-7H2,1H3,(H,13,14,15). The Bertz CT molecular complexity index is 365. The highest BCUT2D eigenvalue weighted by atomic mass is 35.5.